The number of rotatable bonds is 3. The molecule has 1 atom stereocenters. The molecule has 19 heavy (non-hydrogen) atoms. The highest BCUT2D eigenvalue weighted by molar-refractivity contribution is 6.30. The Morgan fingerprint density at radius 2 is 2.26 bits per heavy atom. The third-order valence-electron chi connectivity index (χ3n) is 3.21. The lowest BCUT2D eigenvalue weighted by Crippen LogP contribution is -2.42. The summed E-state index contributed by atoms with van der Waals surface area (Å²) in [7, 11) is 0. The Balaban J connectivity index is 2.09. The van der Waals surface area contributed by atoms with Crippen LogP contribution in [0.2, 0.25) is 5.02 Å². The second kappa shape index (κ2) is 5.57. The molecule has 1 saturated heterocycles. The maximum atomic E-state index is 13.3. The number of hydrogen-bond donors (Lipinski definition) is 1. The topological polar surface area (TPSA) is 57.6 Å². The van der Waals surface area contributed by atoms with Gasteiger partial charge in [-0.05, 0) is 24.1 Å². The first-order valence-electron chi connectivity index (χ1n) is 5.92. The van der Waals surface area contributed by atoms with Crippen molar-refractivity contribution in [3.63, 3.8) is 0 Å². The van der Waals surface area contributed by atoms with Crippen LogP contribution in [0.1, 0.15) is 18.4 Å². The van der Waals surface area contributed by atoms with Crippen LogP contribution in [0, 0.1) is 11.7 Å². The van der Waals surface area contributed by atoms with Crippen molar-refractivity contribution >= 4 is 23.5 Å². The van der Waals surface area contributed by atoms with Crippen molar-refractivity contribution in [3.05, 3.63) is 34.6 Å². The van der Waals surface area contributed by atoms with E-state index in [0.717, 1.165) is 0 Å². The predicted octanol–water partition coefficient (Wildman–Crippen LogP) is 2.30. The fourth-order valence-electron chi connectivity index (χ4n) is 2.13. The highest BCUT2D eigenvalue weighted by Gasteiger charge is 2.29. The van der Waals surface area contributed by atoms with Crippen molar-refractivity contribution in [2.24, 2.45) is 5.92 Å². The molecule has 0 bridgehead atoms. The minimum absolute atomic E-state index is 0.0251. The molecule has 1 amide bonds. The van der Waals surface area contributed by atoms with Crippen molar-refractivity contribution in [1.82, 2.24) is 4.90 Å². The summed E-state index contributed by atoms with van der Waals surface area (Å²) < 4.78 is 13.3. The molecule has 0 radical (unpaired) electrons. The largest absolute Gasteiger partial charge is 0.481 e. The molecule has 1 N–H and O–H groups in total. The predicted molar refractivity (Wildman–Crippen MR) is 67.2 cm³/mol. The highest BCUT2D eigenvalue weighted by atomic mass is 35.5. The van der Waals surface area contributed by atoms with E-state index >= 15 is 0 Å². The Hall–Kier alpha value is -1.62. The third kappa shape index (κ3) is 3.23. The van der Waals surface area contributed by atoms with Gasteiger partial charge in [-0.2, -0.15) is 0 Å². The van der Waals surface area contributed by atoms with E-state index in [-0.39, 0.29) is 30.4 Å². The quantitative estimate of drug-likeness (QED) is 0.927. The molecule has 1 aromatic rings. The fraction of sp³-hybridized carbons (Fsp3) is 0.385. The van der Waals surface area contributed by atoms with Crippen molar-refractivity contribution in [1.29, 1.82) is 0 Å². The Morgan fingerprint density at radius 3 is 2.89 bits per heavy atom. The highest BCUT2D eigenvalue weighted by Crippen LogP contribution is 2.22. The first kappa shape index (κ1) is 13.8. The Labute approximate surface area is 114 Å². The summed E-state index contributed by atoms with van der Waals surface area (Å²) in [4.78, 5) is 24.1. The second-order valence-corrected chi connectivity index (χ2v) is 5.00. The van der Waals surface area contributed by atoms with Crippen LogP contribution < -0.4 is 0 Å². The van der Waals surface area contributed by atoms with Crippen LogP contribution in [0.25, 0.3) is 0 Å². The lowest BCUT2D eigenvalue weighted by molar-refractivity contribution is -0.147. The average molecular weight is 286 g/mol. The van der Waals surface area contributed by atoms with Gasteiger partial charge in [0.2, 0.25) is 5.91 Å². The van der Waals surface area contributed by atoms with Gasteiger partial charge in [-0.3, -0.25) is 9.59 Å². The van der Waals surface area contributed by atoms with Gasteiger partial charge in [0, 0.05) is 19.5 Å². The number of benzene rings is 1. The third-order valence-corrected chi connectivity index (χ3v) is 3.51. The van der Waals surface area contributed by atoms with E-state index in [1.807, 2.05) is 0 Å². The molecule has 2 rings (SSSR count). The summed E-state index contributed by atoms with van der Waals surface area (Å²) in [6, 6.07) is 4.32. The van der Waals surface area contributed by atoms with Crippen LogP contribution in [0.15, 0.2) is 18.2 Å². The Morgan fingerprint density at radius 1 is 1.53 bits per heavy atom. The van der Waals surface area contributed by atoms with E-state index in [4.69, 9.17) is 16.7 Å². The van der Waals surface area contributed by atoms with Gasteiger partial charge in [0.1, 0.15) is 5.82 Å². The van der Waals surface area contributed by atoms with Crippen LogP contribution >= 0.6 is 11.6 Å². The Bertz CT molecular complexity index is 521. The van der Waals surface area contributed by atoms with E-state index in [9.17, 15) is 14.0 Å². The molecule has 0 saturated carbocycles. The number of hydrogen-bond acceptors (Lipinski definition) is 2. The standard InChI is InChI=1S/C13H13ClFNO3/c14-10-3-1-8(5-11(10)15)6-16-7-9(13(18)19)2-4-12(16)17/h1,3,5,9H,2,4,6-7H2,(H,18,19). The van der Waals surface area contributed by atoms with Gasteiger partial charge >= 0.3 is 5.97 Å². The smallest absolute Gasteiger partial charge is 0.308 e. The molecule has 0 aromatic heterocycles. The van der Waals surface area contributed by atoms with E-state index in [0.29, 0.717) is 12.0 Å². The van der Waals surface area contributed by atoms with Crippen LogP contribution in [-0.4, -0.2) is 28.4 Å². The molecular formula is C13H13ClFNO3. The van der Waals surface area contributed by atoms with Crippen molar-refractivity contribution < 1.29 is 19.1 Å². The molecule has 0 aliphatic carbocycles. The molecule has 4 nitrogen and oxygen atoms in total. The summed E-state index contributed by atoms with van der Waals surface area (Å²) >= 11 is 5.58. The molecule has 1 aliphatic rings. The molecule has 1 heterocycles. The van der Waals surface area contributed by atoms with Gasteiger partial charge in [0.05, 0.1) is 10.9 Å². The number of amides is 1. The van der Waals surface area contributed by atoms with Crippen LogP contribution in [0.4, 0.5) is 4.39 Å². The number of piperidine rings is 1. The normalized spacial score (nSPS) is 19.6. The average Bonchev–Trinajstić information content (AvgIpc) is 2.36. The zero-order chi connectivity index (χ0) is 14.0. The summed E-state index contributed by atoms with van der Waals surface area (Å²) in [5, 5.41) is 9.00. The zero-order valence-electron chi connectivity index (χ0n) is 10.1. The minimum Gasteiger partial charge on any atom is -0.481 e. The lowest BCUT2D eigenvalue weighted by Gasteiger charge is -2.30. The number of carboxylic acid groups (broad SMARTS) is 1. The number of nitrogens with zero attached hydrogens (tertiary/aromatic N) is 1. The summed E-state index contributed by atoms with van der Waals surface area (Å²) in [6.45, 7) is 0.370. The molecule has 1 fully saturated rings. The number of carbonyl (C=O) groups excluding carboxylic acids is 1. The monoisotopic (exact) mass is 285 g/mol. The molecule has 6 heteroatoms. The molecule has 102 valence electrons. The van der Waals surface area contributed by atoms with Crippen molar-refractivity contribution in [2.45, 2.75) is 19.4 Å². The summed E-state index contributed by atoms with van der Waals surface area (Å²) in [5.41, 5.74) is 0.598. The van der Waals surface area contributed by atoms with Gasteiger partial charge < -0.3 is 10.0 Å². The van der Waals surface area contributed by atoms with E-state index in [2.05, 4.69) is 0 Å². The Kier molecular flexibility index (Phi) is 4.04. The number of likely N-dealkylation sites (tertiary alicyclic amines) is 1. The lowest BCUT2D eigenvalue weighted by atomic mass is 9.97. The van der Waals surface area contributed by atoms with Crippen LogP contribution in [0.3, 0.4) is 0 Å². The van der Waals surface area contributed by atoms with Gasteiger partial charge in [-0.15, -0.1) is 0 Å². The first-order chi connectivity index (χ1) is 8.97. The second-order valence-electron chi connectivity index (χ2n) is 4.60. The molecule has 1 unspecified atom stereocenters. The number of aliphatic carboxylic acids is 1. The summed E-state index contributed by atoms with van der Waals surface area (Å²) in [5.74, 6) is -2.10. The first-order valence-corrected chi connectivity index (χ1v) is 6.29. The van der Waals surface area contributed by atoms with Gasteiger partial charge in [-0.25, -0.2) is 4.39 Å². The maximum Gasteiger partial charge on any atom is 0.308 e. The molecular weight excluding hydrogens is 273 g/mol. The molecule has 1 aliphatic heterocycles. The van der Waals surface area contributed by atoms with E-state index in [1.54, 1.807) is 6.07 Å². The van der Waals surface area contributed by atoms with Crippen LogP contribution in [-0.2, 0) is 16.1 Å². The van der Waals surface area contributed by atoms with E-state index in [1.165, 1.54) is 17.0 Å². The maximum absolute atomic E-state index is 13.3. The number of carbonyl (C=O) groups is 2. The molecule has 1 aromatic carbocycles. The van der Waals surface area contributed by atoms with Gasteiger partial charge in [-0.1, -0.05) is 17.7 Å². The number of halogens is 2. The summed E-state index contributed by atoms with van der Waals surface area (Å²) in [6.07, 6.45) is 0.576. The van der Waals surface area contributed by atoms with E-state index < -0.39 is 17.7 Å². The van der Waals surface area contributed by atoms with Gasteiger partial charge in [0.15, 0.2) is 0 Å². The fourth-order valence-corrected chi connectivity index (χ4v) is 2.25. The minimum atomic E-state index is -0.903. The SMILES string of the molecule is O=C(O)C1CCC(=O)N(Cc2ccc(Cl)c(F)c2)C1. The van der Waals surface area contributed by atoms with Crippen LogP contribution in [0.5, 0.6) is 0 Å². The zero-order valence-corrected chi connectivity index (χ0v) is 10.9. The van der Waals surface area contributed by atoms with Crippen molar-refractivity contribution in [3.8, 4) is 0 Å². The van der Waals surface area contributed by atoms with Crippen molar-refractivity contribution in [2.75, 3.05) is 6.54 Å². The molecule has 0 spiro atoms. The van der Waals surface area contributed by atoms with Gasteiger partial charge in [0.25, 0.3) is 0 Å². The number of carboxylic acids is 1.